The minimum atomic E-state index is -0.325. The first-order chi connectivity index (χ1) is 15.1. The lowest BCUT2D eigenvalue weighted by Crippen LogP contribution is -2.33. The Hall–Kier alpha value is -3.87. The van der Waals surface area contributed by atoms with Crippen molar-refractivity contribution >= 4 is 22.6 Å². The predicted molar refractivity (Wildman–Crippen MR) is 116 cm³/mol. The maximum atomic E-state index is 13.4. The third-order valence-corrected chi connectivity index (χ3v) is 5.42. The molecule has 156 valence electrons. The van der Waals surface area contributed by atoms with Gasteiger partial charge in [0.25, 0.3) is 5.91 Å². The minimum absolute atomic E-state index is 0.0893. The number of rotatable bonds is 5. The van der Waals surface area contributed by atoms with E-state index in [1.165, 1.54) is 17.7 Å². The van der Waals surface area contributed by atoms with E-state index < -0.39 is 0 Å². The molecule has 4 aromatic rings. The number of ether oxygens (including phenoxy) is 2. The number of halogens is 1. The number of fused-ring (bicyclic) bond motifs is 2. The van der Waals surface area contributed by atoms with Gasteiger partial charge in [-0.1, -0.05) is 18.2 Å². The number of H-pyrrole nitrogens is 1. The zero-order valence-electron chi connectivity index (χ0n) is 16.9. The van der Waals surface area contributed by atoms with Gasteiger partial charge in [0.1, 0.15) is 11.6 Å². The number of aromatic nitrogens is 2. The van der Waals surface area contributed by atoms with Gasteiger partial charge >= 0.3 is 0 Å². The number of methoxy groups -OCH3 is 1. The molecule has 0 spiro atoms. The average molecular weight is 417 g/mol. The molecule has 1 amide bonds. The second-order valence-electron chi connectivity index (χ2n) is 7.33. The Morgan fingerprint density at radius 2 is 2.00 bits per heavy atom. The molecule has 0 aliphatic carbocycles. The fourth-order valence-electron chi connectivity index (χ4n) is 3.87. The highest BCUT2D eigenvalue weighted by molar-refractivity contribution is 5.96. The van der Waals surface area contributed by atoms with E-state index in [0.29, 0.717) is 34.9 Å². The van der Waals surface area contributed by atoms with Crippen LogP contribution in [0.3, 0.4) is 0 Å². The summed E-state index contributed by atoms with van der Waals surface area (Å²) in [6.07, 6.45) is 0.849. The van der Waals surface area contributed by atoms with Gasteiger partial charge in [-0.3, -0.25) is 4.79 Å². The number of carbonyl (C=O) groups excluding carboxylic acids is 1. The van der Waals surface area contributed by atoms with Crippen LogP contribution in [0.25, 0.3) is 22.4 Å². The van der Waals surface area contributed by atoms with Crippen molar-refractivity contribution < 1.29 is 18.7 Å². The Balaban J connectivity index is 1.34. The summed E-state index contributed by atoms with van der Waals surface area (Å²) in [7, 11) is 1.54. The summed E-state index contributed by atoms with van der Waals surface area (Å²) >= 11 is 0. The molecule has 1 N–H and O–H groups in total. The van der Waals surface area contributed by atoms with E-state index >= 15 is 0 Å². The molecule has 31 heavy (non-hydrogen) atoms. The summed E-state index contributed by atoms with van der Waals surface area (Å²) < 4.78 is 24.7. The fourth-order valence-corrected chi connectivity index (χ4v) is 3.87. The SMILES string of the molecule is COc1cc(-c2nc3ccc(F)cc3[nH]2)ccc1OCC(=O)N1CCc2ccccc21. The fraction of sp³-hybridized carbons (Fsp3) is 0.167. The molecule has 1 aliphatic rings. The molecule has 5 rings (SSSR count). The van der Waals surface area contributed by atoms with Gasteiger partial charge in [0, 0.05) is 17.8 Å². The van der Waals surface area contributed by atoms with Crippen molar-refractivity contribution in [2.24, 2.45) is 0 Å². The number of para-hydroxylation sites is 1. The summed E-state index contributed by atoms with van der Waals surface area (Å²) in [5.74, 6) is 1.12. The van der Waals surface area contributed by atoms with Crippen LogP contribution in [0.1, 0.15) is 5.56 Å². The summed E-state index contributed by atoms with van der Waals surface area (Å²) in [6, 6.07) is 17.7. The van der Waals surface area contributed by atoms with E-state index in [2.05, 4.69) is 9.97 Å². The number of aromatic amines is 1. The van der Waals surface area contributed by atoms with E-state index in [0.717, 1.165) is 17.7 Å². The molecule has 0 atom stereocenters. The number of imidazole rings is 1. The minimum Gasteiger partial charge on any atom is -0.493 e. The maximum Gasteiger partial charge on any atom is 0.264 e. The van der Waals surface area contributed by atoms with Gasteiger partial charge in [-0.15, -0.1) is 0 Å². The van der Waals surface area contributed by atoms with E-state index in [1.54, 1.807) is 30.2 Å². The lowest BCUT2D eigenvalue weighted by atomic mass is 10.2. The molecule has 6 nitrogen and oxygen atoms in total. The second kappa shape index (κ2) is 7.75. The van der Waals surface area contributed by atoms with Gasteiger partial charge in [0.05, 0.1) is 18.1 Å². The highest BCUT2D eigenvalue weighted by Crippen LogP contribution is 2.33. The first-order valence-electron chi connectivity index (χ1n) is 9.97. The van der Waals surface area contributed by atoms with E-state index in [9.17, 15) is 9.18 Å². The normalized spacial score (nSPS) is 12.8. The Morgan fingerprint density at radius 1 is 1.13 bits per heavy atom. The number of carbonyl (C=O) groups is 1. The molecule has 0 saturated carbocycles. The second-order valence-corrected chi connectivity index (χ2v) is 7.33. The zero-order chi connectivity index (χ0) is 21.4. The third-order valence-electron chi connectivity index (χ3n) is 5.42. The van der Waals surface area contributed by atoms with Crippen LogP contribution in [-0.2, 0) is 11.2 Å². The van der Waals surface area contributed by atoms with Gasteiger partial charge in [-0.25, -0.2) is 9.37 Å². The lowest BCUT2D eigenvalue weighted by molar-refractivity contribution is -0.120. The molecule has 0 bridgehead atoms. The van der Waals surface area contributed by atoms with Gasteiger partial charge in [-0.05, 0) is 54.4 Å². The van der Waals surface area contributed by atoms with Crippen molar-refractivity contribution in [1.29, 1.82) is 0 Å². The monoisotopic (exact) mass is 417 g/mol. The summed E-state index contributed by atoms with van der Waals surface area (Å²) in [5.41, 5.74) is 4.17. The Kier molecular flexibility index (Phi) is 4.78. The highest BCUT2D eigenvalue weighted by Gasteiger charge is 2.24. The first kappa shape index (κ1) is 19.1. The summed E-state index contributed by atoms with van der Waals surface area (Å²) in [4.78, 5) is 22.1. The van der Waals surface area contributed by atoms with E-state index in [1.807, 2.05) is 30.3 Å². The molecule has 2 heterocycles. The van der Waals surface area contributed by atoms with Crippen LogP contribution in [0.15, 0.2) is 60.7 Å². The molecule has 0 fully saturated rings. The maximum absolute atomic E-state index is 13.4. The van der Waals surface area contributed by atoms with Crippen LogP contribution in [0.5, 0.6) is 11.5 Å². The number of hydrogen-bond donors (Lipinski definition) is 1. The van der Waals surface area contributed by atoms with Crippen LogP contribution in [0, 0.1) is 5.82 Å². The van der Waals surface area contributed by atoms with Gasteiger partial charge in [0.2, 0.25) is 0 Å². The van der Waals surface area contributed by atoms with Crippen LogP contribution in [0.4, 0.5) is 10.1 Å². The van der Waals surface area contributed by atoms with Gasteiger partial charge in [0.15, 0.2) is 18.1 Å². The van der Waals surface area contributed by atoms with E-state index in [-0.39, 0.29) is 18.3 Å². The lowest BCUT2D eigenvalue weighted by Gasteiger charge is -2.18. The average Bonchev–Trinajstić information content (AvgIpc) is 3.41. The molecule has 3 aromatic carbocycles. The first-order valence-corrected chi connectivity index (χ1v) is 9.97. The summed E-state index contributed by atoms with van der Waals surface area (Å²) in [6.45, 7) is 0.568. The molecule has 1 aliphatic heterocycles. The number of nitrogens with one attached hydrogen (secondary N) is 1. The Morgan fingerprint density at radius 3 is 2.87 bits per heavy atom. The smallest absolute Gasteiger partial charge is 0.264 e. The summed E-state index contributed by atoms with van der Waals surface area (Å²) in [5, 5.41) is 0. The molecular formula is C24H20FN3O3. The number of hydrogen-bond acceptors (Lipinski definition) is 4. The number of anilines is 1. The molecular weight excluding hydrogens is 397 g/mol. The molecule has 0 saturated heterocycles. The highest BCUT2D eigenvalue weighted by atomic mass is 19.1. The zero-order valence-corrected chi connectivity index (χ0v) is 16.9. The Labute approximate surface area is 178 Å². The molecule has 1 aromatic heterocycles. The van der Waals surface area contributed by atoms with Crippen molar-refractivity contribution in [3.63, 3.8) is 0 Å². The standard InChI is InChI=1S/C24H20FN3O3/c1-30-22-12-16(24-26-18-8-7-17(25)13-19(18)27-24)6-9-21(22)31-14-23(29)28-11-10-15-4-2-3-5-20(15)28/h2-9,12-13H,10-11,14H2,1H3,(H,26,27). The third kappa shape index (κ3) is 3.59. The van der Waals surface area contributed by atoms with Crippen LogP contribution in [0.2, 0.25) is 0 Å². The molecule has 0 radical (unpaired) electrons. The van der Waals surface area contributed by atoms with Crippen molar-refractivity contribution in [2.75, 3.05) is 25.2 Å². The number of nitrogens with zero attached hydrogens (tertiary/aromatic N) is 2. The quantitative estimate of drug-likeness (QED) is 0.524. The molecule has 7 heteroatoms. The van der Waals surface area contributed by atoms with Crippen LogP contribution < -0.4 is 14.4 Å². The predicted octanol–water partition coefficient (Wildman–Crippen LogP) is 4.35. The van der Waals surface area contributed by atoms with Crippen LogP contribution in [-0.4, -0.2) is 36.1 Å². The van der Waals surface area contributed by atoms with Crippen molar-refractivity contribution in [2.45, 2.75) is 6.42 Å². The number of benzene rings is 3. The van der Waals surface area contributed by atoms with Crippen molar-refractivity contribution in [1.82, 2.24) is 9.97 Å². The van der Waals surface area contributed by atoms with Gasteiger partial charge < -0.3 is 19.4 Å². The van der Waals surface area contributed by atoms with Crippen molar-refractivity contribution in [3.05, 3.63) is 72.0 Å². The van der Waals surface area contributed by atoms with Crippen LogP contribution >= 0.6 is 0 Å². The molecule has 0 unspecified atom stereocenters. The topological polar surface area (TPSA) is 67.5 Å². The van der Waals surface area contributed by atoms with Crippen molar-refractivity contribution in [3.8, 4) is 22.9 Å². The van der Waals surface area contributed by atoms with E-state index in [4.69, 9.17) is 9.47 Å². The van der Waals surface area contributed by atoms with Gasteiger partial charge in [-0.2, -0.15) is 0 Å². The number of amides is 1. The largest absolute Gasteiger partial charge is 0.493 e. The Bertz CT molecular complexity index is 1280.